The Balaban J connectivity index is 1.71. The van der Waals surface area contributed by atoms with Gasteiger partial charge in [0, 0.05) is 32.5 Å². The Morgan fingerprint density at radius 1 is 1.38 bits per heavy atom. The average Bonchev–Trinajstić information content (AvgIpc) is 3.13. The number of hydrogen-bond donors (Lipinski definition) is 1. The fourth-order valence-corrected chi connectivity index (χ4v) is 3.59. The molecule has 0 unspecified atom stereocenters. The van der Waals surface area contributed by atoms with Gasteiger partial charge in [0.15, 0.2) is 0 Å². The maximum absolute atomic E-state index is 12.5. The molecule has 0 saturated carbocycles. The molecule has 1 aliphatic rings. The molecular weight excluding hydrogens is 286 g/mol. The predicted octanol–water partition coefficient (Wildman–Crippen LogP) is 1.44. The van der Waals surface area contributed by atoms with Crippen LogP contribution in [0.15, 0.2) is 12.4 Å². The number of likely N-dealkylation sites (N-methyl/N-ethyl adjacent to an activating group) is 1. The van der Waals surface area contributed by atoms with Crippen LogP contribution in [0.25, 0.3) is 10.3 Å². The zero-order valence-electron chi connectivity index (χ0n) is 12.1. The summed E-state index contributed by atoms with van der Waals surface area (Å²) in [5.74, 6) is -0.0449. The number of nitrogens with two attached hydrogens (primary N) is 1. The van der Waals surface area contributed by atoms with Gasteiger partial charge in [0.2, 0.25) is 0 Å². The van der Waals surface area contributed by atoms with Crippen molar-refractivity contribution in [2.75, 3.05) is 39.0 Å². The normalized spacial score (nSPS) is 15.7. The van der Waals surface area contributed by atoms with Gasteiger partial charge < -0.3 is 15.5 Å². The number of carbonyl (C=O) groups excluding carboxylic acids is 1. The maximum atomic E-state index is 12.5. The van der Waals surface area contributed by atoms with Crippen LogP contribution in [0.5, 0.6) is 0 Å². The third kappa shape index (κ3) is 2.84. The minimum absolute atomic E-state index is 0.0449. The highest BCUT2D eigenvalue weighted by Gasteiger charge is 2.21. The summed E-state index contributed by atoms with van der Waals surface area (Å²) in [5.41, 5.74) is 7.12. The fourth-order valence-electron chi connectivity index (χ4n) is 2.58. The molecule has 6 nitrogen and oxygen atoms in total. The molecule has 1 amide bonds. The lowest BCUT2D eigenvalue weighted by molar-refractivity contribution is 0.0788. The number of nitrogens with zero attached hydrogens (tertiary/aromatic N) is 4. The minimum atomic E-state index is -0.0449. The number of carbonyl (C=O) groups is 1. The number of nitrogen functional groups attached to an aromatic ring is 1. The van der Waals surface area contributed by atoms with E-state index in [1.165, 1.54) is 24.2 Å². The first-order valence-corrected chi connectivity index (χ1v) is 7.95. The lowest BCUT2D eigenvalue weighted by atomic mass is 10.3. The number of aromatic nitrogens is 2. The van der Waals surface area contributed by atoms with E-state index in [-0.39, 0.29) is 5.91 Å². The molecule has 112 valence electrons. The third-order valence-electron chi connectivity index (χ3n) is 3.85. The number of likely N-dealkylation sites (tertiary alicyclic amines) is 1. The van der Waals surface area contributed by atoms with Crippen LogP contribution >= 0.6 is 11.3 Å². The van der Waals surface area contributed by atoms with Crippen molar-refractivity contribution in [2.45, 2.75) is 12.8 Å². The molecule has 0 atom stereocenters. The van der Waals surface area contributed by atoms with Crippen molar-refractivity contribution in [2.24, 2.45) is 0 Å². The SMILES string of the molecule is CN(CCN1CCCC1)C(=O)c1sc2nccnc2c1N. The van der Waals surface area contributed by atoms with Gasteiger partial charge in [-0.3, -0.25) is 4.79 Å². The lowest BCUT2D eigenvalue weighted by Gasteiger charge is -2.21. The molecule has 0 bridgehead atoms. The van der Waals surface area contributed by atoms with Crippen LogP contribution in [-0.4, -0.2) is 58.9 Å². The van der Waals surface area contributed by atoms with E-state index in [0.717, 1.165) is 19.6 Å². The van der Waals surface area contributed by atoms with Gasteiger partial charge in [-0.25, -0.2) is 9.97 Å². The van der Waals surface area contributed by atoms with Crippen LogP contribution in [0.2, 0.25) is 0 Å². The molecule has 3 heterocycles. The van der Waals surface area contributed by atoms with Gasteiger partial charge >= 0.3 is 0 Å². The quantitative estimate of drug-likeness (QED) is 0.925. The second-order valence-corrected chi connectivity index (χ2v) is 6.33. The van der Waals surface area contributed by atoms with Crippen molar-refractivity contribution in [1.82, 2.24) is 19.8 Å². The molecule has 1 fully saturated rings. The van der Waals surface area contributed by atoms with Gasteiger partial charge in [-0.05, 0) is 25.9 Å². The summed E-state index contributed by atoms with van der Waals surface area (Å²) >= 11 is 1.32. The molecule has 2 N–H and O–H groups in total. The van der Waals surface area contributed by atoms with Gasteiger partial charge in [0.25, 0.3) is 5.91 Å². The molecule has 2 aromatic rings. The van der Waals surface area contributed by atoms with Crippen LogP contribution in [0, 0.1) is 0 Å². The van der Waals surface area contributed by atoms with E-state index in [1.54, 1.807) is 17.3 Å². The minimum Gasteiger partial charge on any atom is -0.396 e. The third-order valence-corrected chi connectivity index (χ3v) is 4.95. The maximum Gasteiger partial charge on any atom is 0.265 e. The molecule has 21 heavy (non-hydrogen) atoms. The molecule has 7 heteroatoms. The number of amides is 1. The summed E-state index contributed by atoms with van der Waals surface area (Å²) in [6, 6.07) is 0. The average molecular weight is 305 g/mol. The van der Waals surface area contributed by atoms with Crippen LogP contribution in [-0.2, 0) is 0 Å². The number of fused-ring (bicyclic) bond motifs is 1. The summed E-state index contributed by atoms with van der Waals surface area (Å²) in [6.07, 6.45) is 5.73. The summed E-state index contributed by atoms with van der Waals surface area (Å²) < 4.78 is 0. The first-order valence-electron chi connectivity index (χ1n) is 7.13. The molecule has 0 aromatic carbocycles. The monoisotopic (exact) mass is 305 g/mol. The van der Waals surface area contributed by atoms with Crippen molar-refractivity contribution < 1.29 is 4.79 Å². The van der Waals surface area contributed by atoms with E-state index < -0.39 is 0 Å². The van der Waals surface area contributed by atoms with Crippen molar-refractivity contribution in [3.63, 3.8) is 0 Å². The second-order valence-electron chi connectivity index (χ2n) is 5.33. The van der Waals surface area contributed by atoms with Crippen molar-refractivity contribution in [3.8, 4) is 0 Å². The standard InChI is InChI=1S/C14H19N5OS/c1-18(8-9-19-6-2-3-7-19)14(20)12-10(15)11-13(21-12)17-5-4-16-11/h4-5H,2-3,6-9,15H2,1H3. The molecule has 0 radical (unpaired) electrons. The Morgan fingerprint density at radius 2 is 2.10 bits per heavy atom. The predicted molar refractivity (Wildman–Crippen MR) is 84.5 cm³/mol. The van der Waals surface area contributed by atoms with Gasteiger partial charge in [-0.2, -0.15) is 0 Å². The number of rotatable bonds is 4. The van der Waals surface area contributed by atoms with E-state index in [4.69, 9.17) is 5.73 Å². The summed E-state index contributed by atoms with van der Waals surface area (Å²) in [5, 5.41) is 0. The Morgan fingerprint density at radius 3 is 2.81 bits per heavy atom. The van der Waals surface area contributed by atoms with Crippen LogP contribution in [0.1, 0.15) is 22.5 Å². The molecule has 2 aromatic heterocycles. The Bertz CT molecular complexity index is 650. The largest absolute Gasteiger partial charge is 0.396 e. The number of hydrogen-bond acceptors (Lipinski definition) is 6. The molecule has 1 saturated heterocycles. The Hall–Kier alpha value is -1.73. The van der Waals surface area contributed by atoms with Crippen LogP contribution < -0.4 is 5.73 Å². The summed E-state index contributed by atoms with van der Waals surface area (Å²) in [6.45, 7) is 3.92. The van der Waals surface area contributed by atoms with Crippen LogP contribution in [0.3, 0.4) is 0 Å². The zero-order chi connectivity index (χ0) is 14.8. The molecule has 3 rings (SSSR count). The summed E-state index contributed by atoms with van der Waals surface area (Å²) in [4.78, 5) is 26.3. The zero-order valence-corrected chi connectivity index (χ0v) is 12.9. The molecular formula is C14H19N5OS. The van der Waals surface area contributed by atoms with E-state index >= 15 is 0 Å². The highest BCUT2D eigenvalue weighted by molar-refractivity contribution is 7.21. The topological polar surface area (TPSA) is 75.3 Å². The van der Waals surface area contributed by atoms with Gasteiger partial charge in [0.05, 0.1) is 5.69 Å². The smallest absolute Gasteiger partial charge is 0.265 e. The van der Waals surface area contributed by atoms with Crippen molar-refractivity contribution in [3.05, 3.63) is 17.3 Å². The highest BCUT2D eigenvalue weighted by Crippen LogP contribution is 2.31. The second kappa shape index (κ2) is 5.95. The summed E-state index contributed by atoms with van der Waals surface area (Å²) in [7, 11) is 1.82. The first-order chi connectivity index (χ1) is 10.2. The fraction of sp³-hybridized carbons (Fsp3) is 0.500. The number of thiophene rings is 1. The Kier molecular flexibility index (Phi) is 4.03. The highest BCUT2D eigenvalue weighted by atomic mass is 32.1. The van der Waals surface area contributed by atoms with Crippen molar-refractivity contribution in [1.29, 1.82) is 0 Å². The number of anilines is 1. The van der Waals surface area contributed by atoms with E-state index in [9.17, 15) is 4.79 Å². The first kappa shape index (κ1) is 14.2. The molecule has 1 aliphatic heterocycles. The van der Waals surface area contributed by atoms with E-state index in [1.807, 2.05) is 7.05 Å². The molecule has 0 aliphatic carbocycles. The Labute approximate surface area is 127 Å². The van der Waals surface area contributed by atoms with Gasteiger partial charge in [0.1, 0.15) is 15.2 Å². The lowest BCUT2D eigenvalue weighted by Crippen LogP contribution is -2.35. The van der Waals surface area contributed by atoms with E-state index in [2.05, 4.69) is 14.9 Å². The van der Waals surface area contributed by atoms with Gasteiger partial charge in [-0.1, -0.05) is 0 Å². The van der Waals surface area contributed by atoms with Crippen molar-refractivity contribution >= 4 is 33.3 Å². The van der Waals surface area contributed by atoms with Gasteiger partial charge in [-0.15, -0.1) is 11.3 Å². The molecule has 0 spiro atoms. The van der Waals surface area contributed by atoms with E-state index in [0.29, 0.717) is 27.5 Å². The van der Waals surface area contributed by atoms with Crippen LogP contribution in [0.4, 0.5) is 5.69 Å².